The quantitative estimate of drug-likeness (QED) is 0.402. The lowest BCUT2D eigenvalue weighted by Crippen LogP contribution is -2.39. The second-order valence-corrected chi connectivity index (χ2v) is 7.14. The first kappa shape index (κ1) is 24.1. The van der Waals surface area contributed by atoms with Crippen LogP contribution in [0.1, 0.15) is 10.4 Å². The minimum absolute atomic E-state index is 0.0228. The summed E-state index contributed by atoms with van der Waals surface area (Å²) in [6.45, 7) is 0. The SMILES string of the molecule is COc1cc(OC)c(N(C(=O)n2nnn(-c3c(F)cccc3F)c2=O)c2ccccc2)cc1C(=O)O. The van der Waals surface area contributed by atoms with Crippen LogP contribution in [0, 0.1) is 11.6 Å². The molecule has 184 valence electrons. The summed E-state index contributed by atoms with van der Waals surface area (Å²) >= 11 is 0. The molecule has 4 aromatic rings. The van der Waals surface area contributed by atoms with Crippen LogP contribution in [0.25, 0.3) is 5.69 Å². The average Bonchev–Trinajstić information content (AvgIpc) is 3.25. The fourth-order valence-electron chi connectivity index (χ4n) is 3.45. The second kappa shape index (κ2) is 9.66. The summed E-state index contributed by atoms with van der Waals surface area (Å²) in [5.41, 5.74) is -2.27. The molecule has 0 aliphatic rings. The lowest BCUT2D eigenvalue weighted by Gasteiger charge is -2.24. The number of carbonyl (C=O) groups excluding carboxylic acids is 1. The predicted molar refractivity (Wildman–Crippen MR) is 121 cm³/mol. The first-order valence-electron chi connectivity index (χ1n) is 10.2. The molecule has 3 aromatic carbocycles. The minimum Gasteiger partial charge on any atom is -0.496 e. The molecular formula is C23H17F2N5O6. The molecule has 0 fully saturated rings. The van der Waals surface area contributed by atoms with Gasteiger partial charge in [0.2, 0.25) is 0 Å². The fraction of sp³-hybridized carbons (Fsp3) is 0.0870. The van der Waals surface area contributed by atoms with Gasteiger partial charge in [0, 0.05) is 6.07 Å². The van der Waals surface area contributed by atoms with E-state index < -0.39 is 35.0 Å². The maximum atomic E-state index is 14.2. The smallest absolute Gasteiger partial charge is 0.377 e. The lowest BCUT2D eigenvalue weighted by molar-refractivity contribution is 0.0693. The van der Waals surface area contributed by atoms with Crippen molar-refractivity contribution in [1.29, 1.82) is 0 Å². The number of rotatable bonds is 6. The Bertz CT molecular complexity index is 1500. The number of hydrogen-bond donors (Lipinski definition) is 1. The zero-order chi connectivity index (χ0) is 26.0. The highest BCUT2D eigenvalue weighted by molar-refractivity contribution is 6.03. The first-order valence-corrected chi connectivity index (χ1v) is 10.2. The number of para-hydroxylation sites is 2. The van der Waals surface area contributed by atoms with E-state index in [0.717, 1.165) is 29.2 Å². The zero-order valence-electron chi connectivity index (χ0n) is 18.8. The molecule has 0 atom stereocenters. The van der Waals surface area contributed by atoms with Gasteiger partial charge in [-0.2, -0.15) is 4.68 Å². The van der Waals surface area contributed by atoms with E-state index >= 15 is 0 Å². The number of carbonyl (C=O) groups is 2. The van der Waals surface area contributed by atoms with Crippen LogP contribution >= 0.6 is 0 Å². The standard InChI is InChI=1S/C23H17F2N5O6/c1-35-18-12-19(36-2)17(11-14(18)21(31)32)28(13-7-4-3-5-8-13)22(33)30-23(34)29(26-27-30)20-15(24)9-6-10-16(20)25/h3-12H,1-2H3,(H,31,32). The van der Waals surface area contributed by atoms with E-state index in [1.165, 1.54) is 32.4 Å². The van der Waals surface area contributed by atoms with Crippen molar-refractivity contribution >= 4 is 23.4 Å². The van der Waals surface area contributed by atoms with Gasteiger partial charge in [0.1, 0.15) is 22.7 Å². The van der Waals surface area contributed by atoms with Crippen LogP contribution in [0.4, 0.5) is 25.0 Å². The summed E-state index contributed by atoms with van der Waals surface area (Å²) in [5, 5.41) is 16.6. The van der Waals surface area contributed by atoms with Gasteiger partial charge in [0.25, 0.3) is 0 Å². The van der Waals surface area contributed by atoms with E-state index in [1.807, 2.05) is 0 Å². The average molecular weight is 497 g/mol. The van der Waals surface area contributed by atoms with E-state index in [2.05, 4.69) is 10.4 Å². The third-order valence-corrected chi connectivity index (χ3v) is 5.09. The summed E-state index contributed by atoms with van der Waals surface area (Å²) in [5.74, 6) is -3.57. The van der Waals surface area contributed by atoms with E-state index in [0.29, 0.717) is 4.68 Å². The summed E-state index contributed by atoms with van der Waals surface area (Å²) in [6, 6.07) is 12.1. The first-order chi connectivity index (χ1) is 17.3. The Morgan fingerprint density at radius 1 is 0.917 bits per heavy atom. The number of amides is 1. The topological polar surface area (TPSA) is 129 Å². The highest BCUT2D eigenvalue weighted by atomic mass is 19.1. The molecule has 4 rings (SSSR count). The maximum Gasteiger partial charge on any atom is 0.377 e. The molecule has 1 amide bonds. The lowest BCUT2D eigenvalue weighted by atomic mass is 10.1. The Labute approximate surface area is 201 Å². The van der Waals surface area contributed by atoms with Crippen LogP contribution in [-0.4, -0.2) is 51.1 Å². The summed E-state index contributed by atoms with van der Waals surface area (Å²) in [6.07, 6.45) is 0. The molecule has 13 heteroatoms. The van der Waals surface area contributed by atoms with Crippen LogP contribution in [-0.2, 0) is 0 Å². The molecule has 1 heterocycles. The van der Waals surface area contributed by atoms with Crippen molar-refractivity contribution in [3.63, 3.8) is 0 Å². The molecule has 0 bridgehead atoms. The number of methoxy groups -OCH3 is 2. The molecule has 0 saturated carbocycles. The van der Waals surface area contributed by atoms with Gasteiger partial charge in [0.05, 0.1) is 25.6 Å². The van der Waals surface area contributed by atoms with Gasteiger partial charge in [0.15, 0.2) is 11.6 Å². The van der Waals surface area contributed by atoms with Crippen molar-refractivity contribution in [2.45, 2.75) is 0 Å². The predicted octanol–water partition coefficient (Wildman–Crippen LogP) is 3.23. The van der Waals surface area contributed by atoms with E-state index in [-0.39, 0.29) is 33.1 Å². The van der Waals surface area contributed by atoms with Crippen LogP contribution in [0.15, 0.2) is 65.5 Å². The highest BCUT2D eigenvalue weighted by Gasteiger charge is 2.30. The van der Waals surface area contributed by atoms with E-state index in [1.54, 1.807) is 18.2 Å². The van der Waals surface area contributed by atoms with Gasteiger partial charge in [-0.25, -0.2) is 23.2 Å². The molecule has 1 aromatic heterocycles. The van der Waals surface area contributed by atoms with Crippen LogP contribution in [0.3, 0.4) is 0 Å². The monoisotopic (exact) mass is 497 g/mol. The Morgan fingerprint density at radius 2 is 1.56 bits per heavy atom. The third-order valence-electron chi connectivity index (χ3n) is 5.09. The van der Waals surface area contributed by atoms with Crippen LogP contribution in [0.5, 0.6) is 11.5 Å². The van der Waals surface area contributed by atoms with Crippen molar-refractivity contribution in [2.75, 3.05) is 19.1 Å². The number of aromatic carboxylic acids is 1. The number of benzene rings is 3. The van der Waals surface area contributed by atoms with Gasteiger partial charge in [-0.3, -0.25) is 4.90 Å². The van der Waals surface area contributed by atoms with Crippen molar-refractivity contribution in [2.24, 2.45) is 0 Å². The molecule has 0 aliphatic heterocycles. The Morgan fingerprint density at radius 3 is 2.14 bits per heavy atom. The van der Waals surface area contributed by atoms with E-state index in [9.17, 15) is 28.3 Å². The molecular weight excluding hydrogens is 480 g/mol. The van der Waals surface area contributed by atoms with Crippen LogP contribution < -0.4 is 20.1 Å². The second-order valence-electron chi connectivity index (χ2n) is 7.14. The number of halogens is 2. The molecule has 0 aliphatic carbocycles. The summed E-state index contributed by atoms with van der Waals surface area (Å²) < 4.78 is 39.5. The number of aromatic nitrogens is 4. The number of carboxylic acids is 1. The minimum atomic E-state index is -1.35. The fourth-order valence-corrected chi connectivity index (χ4v) is 3.45. The van der Waals surface area contributed by atoms with Gasteiger partial charge >= 0.3 is 17.7 Å². The number of nitrogens with zero attached hydrogens (tertiary/aromatic N) is 5. The Kier molecular flexibility index (Phi) is 6.46. The molecule has 0 spiro atoms. The number of tetrazole rings is 1. The molecule has 0 unspecified atom stereocenters. The third kappa shape index (κ3) is 4.13. The largest absolute Gasteiger partial charge is 0.496 e. The van der Waals surface area contributed by atoms with Gasteiger partial charge in [-0.15, -0.1) is 4.68 Å². The molecule has 0 radical (unpaired) electrons. The van der Waals surface area contributed by atoms with E-state index in [4.69, 9.17) is 9.47 Å². The van der Waals surface area contributed by atoms with Crippen molar-refractivity contribution in [3.05, 3.63) is 88.3 Å². The number of carboxylic acid groups (broad SMARTS) is 1. The molecule has 11 nitrogen and oxygen atoms in total. The number of anilines is 2. The Balaban J connectivity index is 1.93. The zero-order valence-corrected chi connectivity index (χ0v) is 18.8. The summed E-state index contributed by atoms with van der Waals surface area (Å²) in [7, 11) is 2.55. The van der Waals surface area contributed by atoms with Gasteiger partial charge in [-0.05, 0) is 40.8 Å². The molecule has 0 saturated heterocycles. The van der Waals surface area contributed by atoms with Crippen molar-refractivity contribution < 1.29 is 33.0 Å². The van der Waals surface area contributed by atoms with Crippen LogP contribution in [0.2, 0.25) is 0 Å². The normalized spacial score (nSPS) is 10.7. The maximum absolute atomic E-state index is 14.2. The van der Waals surface area contributed by atoms with Gasteiger partial charge in [-0.1, -0.05) is 24.3 Å². The van der Waals surface area contributed by atoms with Crippen molar-refractivity contribution in [1.82, 2.24) is 19.8 Å². The summed E-state index contributed by atoms with van der Waals surface area (Å²) in [4.78, 5) is 39.4. The Hall–Kier alpha value is -5.07. The molecule has 1 N–H and O–H groups in total. The van der Waals surface area contributed by atoms with Crippen molar-refractivity contribution in [3.8, 4) is 17.2 Å². The molecule has 36 heavy (non-hydrogen) atoms. The number of ether oxygens (including phenoxy) is 2. The van der Waals surface area contributed by atoms with Gasteiger partial charge < -0.3 is 14.6 Å². The number of hydrogen-bond acceptors (Lipinski definition) is 7. The highest BCUT2D eigenvalue weighted by Crippen LogP contribution is 2.39.